The lowest BCUT2D eigenvalue weighted by Gasteiger charge is -2.18. The third-order valence-electron chi connectivity index (χ3n) is 3.46. The highest BCUT2D eigenvalue weighted by Crippen LogP contribution is 2.29. The summed E-state index contributed by atoms with van der Waals surface area (Å²) in [5.41, 5.74) is 1.47. The number of hydrogen-bond acceptors (Lipinski definition) is 4. The van der Waals surface area contributed by atoms with E-state index in [1.165, 1.54) is 35.6 Å². The Kier molecular flexibility index (Phi) is 6.25. The molecule has 0 aliphatic heterocycles. The van der Waals surface area contributed by atoms with Crippen LogP contribution in [0.25, 0.3) is 11.1 Å². The lowest BCUT2D eigenvalue weighted by Crippen LogP contribution is -2.43. The zero-order chi connectivity index (χ0) is 19.5. The van der Waals surface area contributed by atoms with Crippen molar-refractivity contribution in [2.45, 2.75) is 26.3 Å². The Morgan fingerprint density at radius 1 is 1.23 bits per heavy atom. The number of alkyl halides is 3. The molecular formula is C17H16F3NO3S2. The van der Waals surface area contributed by atoms with Crippen molar-refractivity contribution in [3.63, 3.8) is 0 Å². The zero-order valence-electron chi connectivity index (χ0n) is 13.8. The van der Waals surface area contributed by atoms with Gasteiger partial charge in [0.1, 0.15) is 16.8 Å². The molecule has 2 N–H and O–H groups in total. The fraction of sp³-hybridized carbons (Fsp3) is 0.294. The van der Waals surface area contributed by atoms with Gasteiger partial charge < -0.3 is 15.2 Å². The summed E-state index contributed by atoms with van der Waals surface area (Å²) in [6.45, 7) is 3.55. The van der Waals surface area contributed by atoms with Gasteiger partial charge in [-0.25, -0.2) is 4.79 Å². The summed E-state index contributed by atoms with van der Waals surface area (Å²) in [5.74, 6) is -1.43. The van der Waals surface area contributed by atoms with E-state index in [2.05, 4.69) is 10.1 Å². The van der Waals surface area contributed by atoms with E-state index in [4.69, 9.17) is 12.2 Å². The fourth-order valence-corrected chi connectivity index (χ4v) is 3.33. The molecule has 0 amide bonds. The first-order chi connectivity index (χ1) is 12.1. The van der Waals surface area contributed by atoms with Crippen molar-refractivity contribution in [1.29, 1.82) is 0 Å². The molecule has 0 aliphatic carbocycles. The minimum Gasteiger partial charge on any atom is -0.480 e. The normalized spacial score (nSPS) is 12.7. The van der Waals surface area contributed by atoms with Crippen LogP contribution in [0.4, 0.5) is 13.2 Å². The number of ether oxygens (including phenoxy) is 1. The van der Waals surface area contributed by atoms with Crippen LogP contribution in [0.1, 0.15) is 18.7 Å². The molecule has 1 aromatic heterocycles. The van der Waals surface area contributed by atoms with Crippen LogP contribution in [-0.2, 0) is 4.79 Å². The highest BCUT2D eigenvalue weighted by Gasteiger charge is 2.31. The molecule has 0 aliphatic rings. The number of nitrogens with one attached hydrogen (secondary N) is 1. The molecular weight excluding hydrogens is 387 g/mol. The third-order valence-corrected chi connectivity index (χ3v) is 4.88. The van der Waals surface area contributed by atoms with Crippen molar-refractivity contribution in [2.24, 2.45) is 5.92 Å². The van der Waals surface area contributed by atoms with Crippen molar-refractivity contribution in [1.82, 2.24) is 5.32 Å². The van der Waals surface area contributed by atoms with E-state index >= 15 is 0 Å². The second-order valence-electron chi connectivity index (χ2n) is 5.81. The van der Waals surface area contributed by atoms with Gasteiger partial charge in [-0.1, -0.05) is 38.2 Å². The van der Waals surface area contributed by atoms with Gasteiger partial charge in [-0.05, 0) is 40.6 Å². The van der Waals surface area contributed by atoms with Gasteiger partial charge >= 0.3 is 12.3 Å². The van der Waals surface area contributed by atoms with Gasteiger partial charge in [-0.15, -0.1) is 24.5 Å². The van der Waals surface area contributed by atoms with Crippen molar-refractivity contribution in [3.8, 4) is 16.9 Å². The molecule has 9 heteroatoms. The molecule has 1 heterocycles. The standard InChI is InChI=1S/C17H16F3NO3S2/c1-9(2)14(16(22)23)21-15(25)13-7-11(8-26-13)10-3-5-12(6-4-10)24-17(18,19)20/h3-9,14H,1-2H3,(H,21,25)(H,22,23)/t14-/m0/s1. The first-order valence-corrected chi connectivity index (χ1v) is 8.84. The summed E-state index contributed by atoms with van der Waals surface area (Å²) in [6, 6.07) is 6.45. The van der Waals surface area contributed by atoms with E-state index < -0.39 is 18.4 Å². The molecule has 0 fully saturated rings. The molecule has 1 atom stereocenters. The lowest BCUT2D eigenvalue weighted by atomic mass is 10.0. The van der Waals surface area contributed by atoms with Crippen LogP contribution in [0.15, 0.2) is 35.7 Å². The third kappa shape index (κ3) is 5.43. The minimum atomic E-state index is -4.73. The van der Waals surface area contributed by atoms with E-state index in [0.29, 0.717) is 15.4 Å². The number of carboxylic acid groups (broad SMARTS) is 1. The van der Waals surface area contributed by atoms with E-state index in [-0.39, 0.29) is 11.7 Å². The quantitative estimate of drug-likeness (QED) is 0.686. The van der Waals surface area contributed by atoms with E-state index in [0.717, 1.165) is 5.56 Å². The summed E-state index contributed by atoms with van der Waals surface area (Å²) in [6.07, 6.45) is -4.73. The largest absolute Gasteiger partial charge is 0.573 e. The zero-order valence-corrected chi connectivity index (χ0v) is 15.5. The smallest absolute Gasteiger partial charge is 0.480 e. The summed E-state index contributed by atoms with van der Waals surface area (Å²) < 4.78 is 40.4. The molecule has 4 nitrogen and oxygen atoms in total. The molecule has 140 valence electrons. The molecule has 2 aromatic rings. The van der Waals surface area contributed by atoms with Crippen molar-refractivity contribution < 1.29 is 27.8 Å². The van der Waals surface area contributed by atoms with Crippen molar-refractivity contribution in [3.05, 3.63) is 40.6 Å². The molecule has 0 saturated carbocycles. The predicted molar refractivity (Wildman–Crippen MR) is 97.5 cm³/mol. The van der Waals surface area contributed by atoms with Gasteiger partial charge in [0.2, 0.25) is 0 Å². The fourth-order valence-electron chi connectivity index (χ4n) is 2.18. The Balaban J connectivity index is 2.11. The van der Waals surface area contributed by atoms with Gasteiger partial charge in [0.25, 0.3) is 0 Å². The summed E-state index contributed by atoms with van der Waals surface area (Å²) in [7, 11) is 0. The maximum absolute atomic E-state index is 12.2. The van der Waals surface area contributed by atoms with Gasteiger partial charge in [0.05, 0.1) is 4.88 Å². The lowest BCUT2D eigenvalue weighted by molar-refractivity contribution is -0.274. The summed E-state index contributed by atoms with van der Waals surface area (Å²) >= 11 is 6.59. The predicted octanol–water partition coefficient (Wildman–Crippen LogP) is 4.69. The SMILES string of the molecule is CC(C)[C@H](NC(=S)c1cc(-c2ccc(OC(F)(F)F)cc2)cs1)C(=O)O. The molecule has 2 rings (SSSR count). The van der Waals surface area contributed by atoms with Gasteiger partial charge in [0.15, 0.2) is 0 Å². The Bertz CT molecular complexity index is 785. The Morgan fingerprint density at radius 3 is 2.35 bits per heavy atom. The number of benzene rings is 1. The van der Waals surface area contributed by atoms with Crippen LogP contribution >= 0.6 is 23.6 Å². The second-order valence-corrected chi connectivity index (χ2v) is 7.12. The van der Waals surface area contributed by atoms with Crippen LogP contribution in [0.5, 0.6) is 5.75 Å². The van der Waals surface area contributed by atoms with Gasteiger partial charge in [0, 0.05) is 0 Å². The Labute approximate surface area is 157 Å². The number of rotatable bonds is 6. The van der Waals surface area contributed by atoms with Crippen molar-refractivity contribution >= 4 is 34.5 Å². The first kappa shape index (κ1) is 20.2. The number of thiophene rings is 1. The highest BCUT2D eigenvalue weighted by atomic mass is 32.1. The summed E-state index contributed by atoms with van der Waals surface area (Å²) in [4.78, 5) is 12.3. The number of thiocarbonyl (C=S) groups is 1. The van der Waals surface area contributed by atoms with Crippen LogP contribution < -0.4 is 10.1 Å². The monoisotopic (exact) mass is 403 g/mol. The maximum atomic E-state index is 12.2. The van der Waals surface area contributed by atoms with Crippen molar-refractivity contribution in [2.75, 3.05) is 0 Å². The second kappa shape index (κ2) is 8.05. The molecule has 0 radical (unpaired) electrons. The van der Waals surface area contributed by atoms with Crippen LogP contribution in [0, 0.1) is 5.92 Å². The number of carbonyl (C=O) groups is 1. The number of carboxylic acids is 1. The molecule has 0 spiro atoms. The number of halogens is 3. The Hall–Kier alpha value is -2.13. The molecule has 0 saturated heterocycles. The van der Waals surface area contributed by atoms with E-state index in [1.807, 2.05) is 0 Å². The molecule has 1 aromatic carbocycles. The van der Waals surface area contributed by atoms with Crippen LogP contribution in [0.3, 0.4) is 0 Å². The Morgan fingerprint density at radius 2 is 1.85 bits per heavy atom. The number of aliphatic carboxylic acids is 1. The van der Waals surface area contributed by atoms with Gasteiger partial charge in [-0.2, -0.15) is 0 Å². The highest BCUT2D eigenvalue weighted by molar-refractivity contribution is 7.81. The van der Waals surface area contributed by atoms with Crippen LogP contribution in [-0.4, -0.2) is 28.5 Å². The maximum Gasteiger partial charge on any atom is 0.573 e. The molecule has 0 bridgehead atoms. The average molecular weight is 403 g/mol. The molecule has 26 heavy (non-hydrogen) atoms. The topological polar surface area (TPSA) is 58.6 Å². The molecule has 0 unspecified atom stereocenters. The average Bonchev–Trinajstić information content (AvgIpc) is 3.01. The van der Waals surface area contributed by atoms with E-state index in [1.54, 1.807) is 25.3 Å². The van der Waals surface area contributed by atoms with E-state index in [9.17, 15) is 23.1 Å². The van der Waals surface area contributed by atoms with Gasteiger partial charge in [-0.3, -0.25) is 0 Å². The number of hydrogen-bond donors (Lipinski definition) is 2. The summed E-state index contributed by atoms with van der Waals surface area (Å²) in [5, 5.41) is 13.8. The first-order valence-electron chi connectivity index (χ1n) is 7.55. The minimum absolute atomic E-state index is 0.147. The van der Waals surface area contributed by atoms with Crippen LogP contribution in [0.2, 0.25) is 0 Å².